The molecular formula is C13H22N4O. The van der Waals surface area contributed by atoms with E-state index in [2.05, 4.69) is 33.9 Å². The molecule has 0 amide bonds. The third-order valence-electron chi connectivity index (χ3n) is 3.76. The third kappa shape index (κ3) is 2.47. The molecule has 0 aromatic carbocycles. The molecule has 1 aliphatic rings. The minimum absolute atomic E-state index is 0.0154. The number of aryl methyl sites for hydroxylation is 1. The molecule has 2 heterocycles. The van der Waals surface area contributed by atoms with Crippen LogP contribution in [0.15, 0.2) is 4.79 Å². The normalized spacial score (nSPS) is 22.3. The zero-order valence-electron chi connectivity index (χ0n) is 11.7. The predicted octanol–water partition coefficient (Wildman–Crippen LogP) is 0.559. The van der Waals surface area contributed by atoms with Crippen LogP contribution in [-0.4, -0.2) is 53.5 Å². The van der Waals surface area contributed by atoms with Crippen molar-refractivity contribution in [2.45, 2.75) is 26.3 Å². The van der Waals surface area contributed by atoms with E-state index in [-0.39, 0.29) is 11.6 Å². The van der Waals surface area contributed by atoms with Crippen molar-refractivity contribution in [1.29, 1.82) is 0 Å². The molecule has 1 aliphatic heterocycles. The van der Waals surface area contributed by atoms with E-state index in [0.717, 1.165) is 43.1 Å². The van der Waals surface area contributed by atoms with Gasteiger partial charge in [0.1, 0.15) is 5.82 Å². The Kier molecular flexibility index (Phi) is 3.82. The molecule has 0 bridgehead atoms. The first kappa shape index (κ1) is 13.2. The molecule has 1 aromatic heterocycles. The lowest BCUT2D eigenvalue weighted by atomic mass is 10.1. The van der Waals surface area contributed by atoms with Gasteiger partial charge in [-0.15, -0.1) is 0 Å². The average Bonchev–Trinajstić information content (AvgIpc) is 2.32. The van der Waals surface area contributed by atoms with E-state index >= 15 is 0 Å². The van der Waals surface area contributed by atoms with Crippen molar-refractivity contribution >= 4 is 0 Å². The van der Waals surface area contributed by atoms with Crippen molar-refractivity contribution in [2.75, 3.05) is 33.7 Å². The molecule has 1 atom stereocenters. The molecule has 1 saturated heterocycles. The van der Waals surface area contributed by atoms with E-state index < -0.39 is 0 Å². The number of nitrogens with zero attached hydrogens (tertiary/aromatic N) is 3. The maximum atomic E-state index is 12.0. The van der Waals surface area contributed by atoms with Gasteiger partial charge in [-0.2, -0.15) is 0 Å². The van der Waals surface area contributed by atoms with Crippen molar-refractivity contribution in [3.8, 4) is 0 Å². The largest absolute Gasteiger partial charge is 0.309 e. The summed E-state index contributed by atoms with van der Waals surface area (Å²) in [6.45, 7) is 6.87. The van der Waals surface area contributed by atoms with Gasteiger partial charge >= 0.3 is 0 Å². The summed E-state index contributed by atoms with van der Waals surface area (Å²) in [5, 5.41) is 0. The van der Waals surface area contributed by atoms with Crippen LogP contribution in [0.5, 0.6) is 0 Å². The van der Waals surface area contributed by atoms with E-state index in [4.69, 9.17) is 0 Å². The highest BCUT2D eigenvalue weighted by Gasteiger charge is 2.26. The summed E-state index contributed by atoms with van der Waals surface area (Å²) in [5.74, 6) is 0.795. The Morgan fingerprint density at radius 1 is 1.39 bits per heavy atom. The van der Waals surface area contributed by atoms with Crippen molar-refractivity contribution in [3.05, 3.63) is 27.4 Å². The summed E-state index contributed by atoms with van der Waals surface area (Å²) in [4.78, 5) is 24.1. The molecule has 0 radical (unpaired) electrons. The Morgan fingerprint density at radius 3 is 2.72 bits per heavy atom. The Bertz CT molecular complexity index is 482. The SMILES string of the molecule is CCc1c(C)nc(C2CN(C)CCN2C)[nH]c1=O. The molecular weight excluding hydrogens is 228 g/mol. The van der Waals surface area contributed by atoms with E-state index in [9.17, 15) is 4.79 Å². The van der Waals surface area contributed by atoms with Crippen LogP contribution < -0.4 is 5.56 Å². The Labute approximate surface area is 108 Å². The number of nitrogens with one attached hydrogen (secondary N) is 1. The maximum absolute atomic E-state index is 12.0. The van der Waals surface area contributed by atoms with Crippen LogP contribution >= 0.6 is 0 Å². The quantitative estimate of drug-likeness (QED) is 0.833. The number of rotatable bonds is 2. The molecule has 100 valence electrons. The summed E-state index contributed by atoms with van der Waals surface area (Å²) in [7, 11) is 4.19. The fourth-order valence-corrected chi connectivity index (χ4v) is 2.51. The fraction of sp³-hybridized carbons (Fsp3) is 0.692. The van der Waals surface area contributed by atoms with Gasteiger partial charge in [0.2, 0.25) is 0 Å². The zero-order valence-corrected chi connectivity index (χ0v) is 11.7. The van der Waals surface area contributed by atoms with Gasteiger partial charge in [-0.1, -0.05) is 6.92 Å². The van der Waals surface area contributed by atoms with Crippen LogP contribution in [-0.2, 0) is 6.42 Å². The van der Waals surface area contributed by atoms with Crippen LogP contribution in [0.2, 0.25) is 0 Å². The molecule has 0 aliphatic carbocycles. The van der Waals surface area contributed by atoms with Crippen LogP contribution in [0.1, 0.15) is 30.0 Å². The molecule has 2 rings (SSSR count). The topological polar surface area (TPSA) is 52.2 Å². The number of aromatic nitrogens is 2. The highest BCUT2D eigenvalue weighted by atomic mass is 16.1. The smallest absolute Gasteiger partial charge is 0.254 e. The summed E-state index contributed by atoms with van der Waals surface area (Å²) in [5.41, 5.74) is 1.67. The van der Waals surface area contributed by atoms with Crippen molar-refractivity contribution in [2.24, 2.45) is 0 Å². The molecule has 1 N–H and O–H groups in total. The summed E-state index contributed by atoms with van der Waals surface area (Å²) >= 11 is 0. The van der Waals surface area contributed by atoms with Crippen molar-refractivity contribution < 1.29 is 0 Å². The van der Waals surface area contributed by atoms with Gasteiger partial charge in [-0.05, 0) is 27.4 Å². The average molecular weight is 250 g/mol. The summed E-state index contributed by atoms with van der Waals surface area (Å²) < 4.78 is 0. The zero-order chi connectivity index (χ0) is 13.3. The van der Waals surface area contributed by atoms with E-state index in [1.807, 2.05) is 13.8 Å². The van der Waals surface area contributed by atoms with Gasteiger partial charge in [-0.3, -0.25) is 9.69 Å². The number of likely N-dealkylation sites (N-methyl/N-ethyl adjacent to an activating group) is 2. The van der Waals surface area contributed by atoms with E-state index in [1.54, 1.807) is 0 Å². The standard InChI is InChI=1S/C13H22N4O/c1-5-10-9(2)14-12(15-13(10)18)11-8-16(3)6-7-17(11)4/h11H,5-8H2,1-4H3,(H,14,15,18). The number of hydrogen-bond acceptors (Lipinski definition) is 4. The number of H-pyrrole nitrogens is 1. The minimum Gasteiger partial charge on any atom is -0.309 e. The van der Waals surface area contributed by atoms with E-state index in [1.165, 1.54) is 0 Å². The first-order valence-electron chi connectivity index (χ1n) is 6.51. The van der Waals surface area contributed by atoms with Gasteiger partial charge in [0.05, 0.1) is 6.04 Å². The molecule has 1 fully saturated rings. The molecule has 0 saturated carbocycles. The Balaban J connectivity index is 2.36. The second-order valence-corrected chi connectivity index (χ2v) is 5.13. The van der Waals surface area contributed by atoms with Gasteiger partial charge in [-0.25, -0.2) is 4.98 Å². The minimum atomic E-state index is 0.0154. The first-order valence-corrected chi connectivity index (χ1v) is 6.51. The highest BCUT2D eigenvalue weighted by Crippen LogP contribution is 2.19. The number of piperazine rings is 1. The van der Waals surface area contributed by atoms with Gasteiger partial charge in [0.25, 0.3) is 5.56 Å². The first-order chi connectivity index (χ1) is 8.52. The van der Waals surface area contributed by atoms with Gasteiger partial charge < -0.3 is 9.88 Å². The van der Waals surface area contributed by atoms with Crippen molar-refractivity contribution in [1.82, 2.24) is 19.8 Å². The van der Waals surface area contributed by atoms with Crippen LogP contribution in [0.4, 0.5) is 0 Å². The number of aromatic amines is 1. The van der Waals surface area contributed by atoms with Crippen LogP contribution in [0.25, 0.3) is 0 Å². The molecule has 1 unspecified atom stereocenters. The Hall–Kier alpha value is -1.20. The van der Waals surface area contributed by atoms with E-state index in [0.29, 0.717) is 0 Å². The second kappa shape index (κ2) is 5.20. The fourth-order valence-electron chi connectivity index (χ4n) is 2.51. The number of hydrogen-bond donors (Lipinski definition) is 1. The lowest BCUT2D eigenvalue weighted by molar-refractivity contribution is 0.109. The van der Waals surface area contributed by atoms with Crippen molar-refractivity contribution in [3.63, 3.8) is 0 Å². The van der Waals surface area contributed by atoms with Gasteiger partial charge in [0, 0.05) is 30.9 Å². The lowest BCUT2D eigenvalue weighted by Gasteiger charge is -2.37. The van der Waals surface area contributed by atoms with Gasteiger partial charge in [0.15, 0.2) is 0 Å². The molecule has 5 nitrogen and oxygen atoms in total. The maximum Gasteiger partial charge on any atom is 0.254 e. The highest BCUT2D eigenvalue weighted by molar-refractivity contribution is 5.17. The predicted molar refractivity (Wildman–Crippen MR) is 71.8 cm³/mol. The summed E-state index contributed by atoms with van der Waals surface area (Å²) in [6.07, 6.45) is 0.731. The molecule has 5 heteroatoms. The Morgan fingerprint density at radius 2 is 2.11 bits per heavy atom. The van der Waals surface area contributed by atoms with Crippen LogP contribution in [0.3, 0.4) is 0 Å². The lowest BCUT2D eigenvalue weighted by Crippen LogP contribution is -2.46. The monoisotopic (exact) mass is 250 g/mol. The van der Waals surface area contributed by atoms with Crippen LogP contribution in [0, 0.1) is 6.92 Å². The summed E-state index contributed by atoms with van der Waals surface area (Å²) in [6, 6.07) is 0.182. The molecule has 0 spiro atoms. The third-order valence-corrected chi connectivity index (χ3v) is 3.76. The second-order valence-electron chi connectivity index (χ2n) is 5.13. The molecule has 1 aromatic rings. The molecule has 18 heavy (non-hydrogen) atoms.